The van der Waals surface area contributed by atoms with Gasteiger partial charge in [0.2, 0.25) is 0 Å². The van der Waals surface area contributed by atoms with E-state index in [1.54, 1.807) is 6.08 Å². The van der Waals surface area contributed by atoms with Crippen LogP contribution >= 0.6 is 0 Å². The summed E-state index contributed by atoms with van der Waals surface area (Å²) in [6.07, 6.45) is 7.90. The highest BCUT2D eigenvalue weighted by Crippen LogP contribution is 2.33. The van der Waals surface area contributed by atoms with Gasteiger partial charge in [-0.15, -0.1) is 0 Å². The maximum absolute atomic E-state index is 11.3. The SMILES string of the molecule is CCCN(CCC)c1ccc(C=Cc2ccc([N+](=O)[O-])c([N+](=O)[O-])c2)cc1N(CCC)CCC. The molecular weight excluding hydrogens is 432 g/mol. The van der Waals surface area contributed by atoms with Gasteiger partial charge in [-0.3, -0.25) is 20.2 Å². The number of nitro benzene ring substituents is 2. The monoisotopic (exact) mass is 468 g/mol. The van der Waals surface area contributed by atoms with E-state index in [2.05, 4.69) is 55.7 Å². The summed E-state index contributed by atoms with van der Waals surface area (Å²) in [5, 5.41) is 22.3. The molecular formula is C26H36N4O4. The minimum Gasteiger partial charge on any atom is -0.370 e. The molecule has 0 spiro atoms. The number of nitrogens with zero attached hydrogens (tertiary/aromatic N) is 4. The Hall–Kier alpha value is -3.42. The Morgan fingerprint density at radius 1 is 0.647 bits per heavy atom. The zero-order valence-corrected chi connectivity index (χ0v) is 20.7. The Morgan fingerprint density at radius 2 is 1.09 bits per heavy atom. The minimum atomic E-state index is -0.731. The van der Waals surface area contributed by atoms with Crippen molar-refractivity contribution in [3.8, 4) is 0 Å². The number of hydrogen-bond donors (Lipinski definition) is 0. The third kappa shape index (κ3) is 7.04. The zero-order chi connectivity index (χ0) is 25.1. The first-order valence-corrected chi connectivity index (χ1v) is 12.1. The van der Waals surface area contributed by atoms with E-state index < -0.39 is 21.2 Å². The average molecular weight is 469 g/mol. The van der Waals surface area contributed by atoms with Crippen molar-refractivity contribution < 1.29 is 9.85 Å². The van der Waals surface area contributed by atoms with Crippen LogP contribution in [0.4, 0.5) is 22.7 Å². The second kappa shape index (κ2) is 13.3. The molecule has 0 radical (unpaired) electrons. The van der Waals surface area contributed by atoms with Crippen LogP contribution in [-0.4, -0.2) is 36.0 Å². The molecule has 8 nitrogen and oxygen atoms in total. The molecule has 0 aromatic heterocycles. The van der Waals surface area contributed by atoms with E-state index in [0.29, 0.717) is 5.56 Å². The maximum atomic E-state index is 11.3. The first kappa shape index (κ1) is 26.8. The molecule has 0 saturated carbocycles. The molecule has 0 heterocycles. The Kier molecular flexibility index (Phi) is 10.5. The number of anilines is 2. The van der Waals surface area contributed by atoms with Gasteiger partial charge in [0.25, 0.3) is 0 Å². The Labute approximate surface area is 202 Å². The summed E-state index contributed by atoms with van der Waals surface area (Å²) in [5.41, 5.74) is 2.94. The van der Waals surface area contributed by atoms with Gasteiger partial charge in [-0.1, -0.05) is 45.9 Å². The van der Waals surface area contributed by atoms with Gasteiger partial charge in [0, 0.05) is 38.3 Å². The van der Waals surface area contributed by atoms with Crippen LogP contribution in [-0.2, 0) is 0 Å². The molecule has 0 aliphatic rings. The molecule has 2 aromatic carbocycles. The third-order valence-electron chi connectivity index (χ3n) is 5.52. The van der Waals surface area contributed by atoms with E-state index in [4.69, 9.17) is 0 Å². The van der Waals surface area contributed by atoms with Gasteiger partial charge in [0.15, 0.2) is 0 Å². The van der Waals surface area contributed by atoms with Crippen LogP contribution < -0.4 is 9.80 Å². The van der Waals surface area contributed by atoms with Crippen molar-refractivity contribution in [2.75, 3.05) is 36.0 Å². The van der Waals surface area contributed by atoms with Crippen LogP contribution in [0.25, 0.3) is 12.2 Å². The first-order chi connectivity index (χ1) is 16.4. The quantitative estimate of drug-likeness (QED) is 0.170. The van der Waals surface area contributed by atoms with E-state index in [1.807, 2.05) is 6.08 Å². The molecule has 0 atom stereocenters. The predicted octanol–water partition coefficient (Wildman–Crippen LogP) is 6.93. The number of nitro groups is 2. The largest absolute Gasteiger partial charge is 0.370 e. The summed E-state index contributed by atoms with van der Waals surface area (Å²) in [6, 6.07) is 10.4. The summed E-state index contributed by atoms with van der Waals surface area (Å²) in [5.74, 6) is 0. The maximum Gasteiger partial charge on any atom is 0.346 e. The Morgan fingerprint density at radius 3 is 1.56 bits per heavy atom. The van der Waals surface area contributed by atoms with Crippen molar-refractivity contribution in [2.45, 2.75) is 53.4 Å². The first-order valence-electron chi connectivity index (χ1n) is 12.1. The Bertz CT molecular complexity index is 994. The van der Waals surface area contributed by atoms with Crippen LogP contribution in [0, 0.1) is 20.2 Å². The molecule has 0 fully saturated rings. The van der Waals surface area contributed by atoms with Crippen LogP contribution in [0.5, 0.6) is 0 Å². The lowest BCUT2D eigenvalue weighted by Gasteiger charge is -2.32. The van der Waals surface area contributed by atoms with Crippen molar-refractivity contribution in [3.63, 3.8) is 0 Å². The minimum absolute atomic E-state index is 0.504. The summed E-state index contributed by atoms with van der Waals surface area (Å²) >= 11 is 0. The summed E-state index contributed by atoms with van der Waals surface area (Å²) in [6.45, 7) is 12.7. The normalized spacial score (nSPS) is 11.1. The van der Waals surface area contributed by atoms with Gasteiger partial charge in [-0.2, -0.15) is 0 Å². The van der Waals surface area contributed by atoms with Crippen molar-refractivity contribution in [3.05, 3.63) is 67.8 Å². The molecule has 0 aliphatic carbocycles. The molecule has 34 heavy (non-hydrogen) atoms. The molecule has 8 heteroatoms. The Balaban J connectivity index is 2.49. The van der Waals surface area contributed by atoms with Gasteiger partial charge in [0.1, 0.15) is 0 Å². The summed E-state index contributed by atoms with van der Waals surface area (Å²) < 4.78 is 0. The van der Waals surface area contributed by atoms with Gasteiger partial charge in [-0.25, -0.2) is 0 Å². The molecule has 184 valence electrons. The van der Waals surface area contributed by atoms with Gasteiger partial charge >= 0.3 is 11.4 Å². The van der Waals surface area contributed by atoms with Crippen molar-refractivity contribution in [1.82, 2.24) is 0 Å². The van der Waals surface area contributed by atoms with Crippen molar-refractivity contribution in [1.29, 1.82) is 0 Å². The summed E-state index contributed by atoms with van der Waals surface area (Å²) in [7, 11) is 0. The fourth-order valence-corrected chi connectivity index (χ4v) is 4.09. The van der Waals surface area contributed by atoms with Crippen molar-refractivity contribution in [2.24, 2.45) is 0 Å². The van der Waals surface area contributed by atoms with E-state index in [0.717, 1.165) is 57.4 Å². The third-order valence-corrected chi connectivity index (χ3v) is 5.52. The smallest absolute Gasteiger partial charge is 0.346 e. The van der Waals surface area contributed by atoms with Gasteiger partial charge < -0.3 is 9.80 Å². The topological polar surface area (TPSA) is 92.8 Å². The predicted molar refractivity (Wildman–Crippen MR) is 141 cm³/mol. The highest BCUT2D eigenvalue weighted by molar-refractivity contribution is 5.79. The van der Waals surface area contributed by atoms with Crippen LogP contribution in [0.3, 0.4) is 0 Å². The van der Waals surface area contributed by atoms with Crippen molar-refractivity contribution >= 4 is 34.9 Å². The number of benzene rings is 2. The van der Waals surface area contributed by atoms with E-state index >= 15 is 0 Å². The molecule has 0 saturated heterocycles. The molecule has 2 aromatic rings. The fourth-order valence-electron chi connectivity index (χ4n) is 4.09. The lowest BCUT2D eigenvalue weighted by Crippen LogP contribution is -2.30. The summed E-state index contributed by atoms with van der Waals surface area (Å²) in [4.78, 5) is 25.8. The molecule has 0 bridgehead atoms. The van der Waals surface area contributed by atoms with E-state index in [-0.39, 0.29) is 0 Å². The van der Waals surface area contributed by atoms with Gasteiger partial charge in [0.05, 0.1) is 21.2 Å². The van der Waals surface area contributed by atoms with Gasteiger partial charge in [-0.05, 0) is 55.0 Å². The fraction of sp³-hybridized carbons (Fsp3) is 0.462. The van der Waals surface area contributed by atoms with E-state index in [9.17, 15) is 20.2 Å². The van der Waals surface area contributed by atoms with E-state index in [1.165, 1.54) is 29.6 Å². The highest BCUT2D eigenvalue weighted by Gasteiger charge is 2.23. The average Bonchev–Trinajstić information content (AvgIpc) is 2.82. The zero-order valence-electron chi connectivity index (χ0n) is 20.7. The standard InChI is InChI=1S/C26H36N4O4/c1-5-15-27(16-6-2)23-13-11-21(19-25(23)28(17-7-3)18-8-4)9-10-22-12-14-24(29(31)32)26(20-22)30(33)34/h9-14,19-20H,5-8,15-18H2,1-4H3. The molecule has 0 N–H and O–H groups in total. The number of hydrogen-bond acceptors (Lipinski definition) is 6. The van der Waals surface area contributed by atoms with Crippen LogP contribution in [0.1, 0.15) is 64.5 Å². The lowest BCUT2D eigenvalue weighted by molar-refractivity contribution is -0.422. The second-order valence-electron chi connectivity index (χ2n) is 8.32. The van der Waals surface area contributed by atoms with Crippen LogP contribution in [0.2, 0.25) is 0 Å². The molecule has 0 aliphatic heterocycles. The highest BCUT2D eigenvalue weighted by atomic mass is 16.6. The molecule has 0 amide bonds. The van der Waals surface area contributed by atoms with Crippen LogP contribution in [0.15, 0.2) is 36.4 Å². The lowest BCUT2D eigenvalue weighted by atomic mass is 10.1. The molecule has 2 rings (SSSR count). The number of rotatable bonds is 14. The second-order valence-corrected chi connectivity index (χ2v) is 8.32. The molecule has 0 unspecified atom stereocenters.